The predicted molar refractivity (Wildman–Crippen MR) is 73.4 cm³/mol. The summed E-state index contributed by atoms with van der Waals surface area (Å²) >= 11 is 0. The summed E-state index contributed by atoms with van der Waals surface area (Å²) < 4.78 is 1.18. The van der Waals surface area contributed by atoms with E-state index in [1.165, 1.54) is 4.57 Å². The number of rotatable bonds is 1. The number of aromatic nitrogens is 2. The van der Waals surface area contributed by atoms with E-state index in [0.29, 0.717) is 5.56 Å². The quantitative estimate of drug-likeness (QED) is 0.819. The Kier molecular flexibility index (Phi) is 3.06. The van der Waals surface area contributed by atoms with Crippen molar-refractivity contribution in [2.24, 2.45) is 0 Å². The lowest BCUT2D eigenvalue weighted by molar-refractivity contribution is 0.308. The molecule has 0 radical (unpaired) electrons. The highest BCUT2D eigenvalue weighted by Gasteiger charge is 2.23. The van der Waals surface area contributed by atoms with Crippen LogP contribution in [0.25, 0.3) is 11.1 Å². The molecule has 100 valence electrons. The molecule has 0 aliphatic rings. The number of nitrogens with zero attached hydrogens (tertiary/aromatic N) is 1. The molecule has 2 aromatic rings. The smallest absolute Gasteiger partial charge is 0.331 e. The maximum atomic E-state index is 11.9. The van der Waals surface area contributed by atoms with E-state index >= 15 is 0 Å². The highest BCUT2D eigenvalue weighted by molar-refractivity contribution is 5.67. The van der Waals surface area contributed by atoms with Crippen molar-refractivity contribution < 1.29 is 5.11 Å². The van der Waals surface area contributed by atoms with Gasteiger partial charge in [-0.25, -0.2) is 4.79 Å². The Bertz CT molecular complexity index is 706. The third-order valence-electron chi connectivity index (χ3n) is 2.82. The van der Waals surface area contributed by atoms with Gasteiger partial charge in [-0.15, -0.1) is 0 Å². The van der Waals surface area contributed by atoms with E-state index in [2.05, 4.69) is 4.98 Å². The average molecular weight is 260 g/mol. The number of aromatic amines is 1. The lowest BCUT2D eigenvalue weighted by atomic mass is 10.1. The molecule has 0 aliphatic heterocycles. The van der Waals surface area contributed by atoms with Gasteiger partial charge < -0.3 is 5.11 Å². The van der Waals surface area contributed by atoms with E-state index in [1.54, 1.807) is 45.0 Å². The Labute approximate surface area is 110 Å². The van der Waals surface area contributed by atoms with Crippen LogP contribution < -0.4 is 11.2 Å². The standard InChI is InChI=1S/C14H16N2O3/c1-14(2,3)16-12(18)10(11(17)15-13(16)19)9-7-5-4-6-8-9/h4-8,18H,1-3H3,(H,15,17,19). The monoisotopic (exact) mass is 260 g/mol. The third-order valence-corrected chi connectivity index (χ3v) is 2.82. The van der Waals surface area contributed by atoms with Gasteiger partial charge in [-0.1, -0.05) is 30.3 Å². The zero-order chi connectivity index (χ0) is 14.2. The van der Waals surface area contributed by atoms with Crippen molar-refractivity contribution in [2.75, 3.05) is 0 Å². The van der Waals surface area contributed by atoms with E-state index in [0.717, 1.165) is 0 Å². The first kappa shape index (κ1) is 13.1. The maximum Gasteiger partial charge on any atom is 0.331 e. The van der Waals surface area contributed by atoms with Gasteiger partial charge in [0.1, 0.15) is 5.56 Å². The van der Waals surface area contributed by atoms with Crippen LogP contribution in [0.3, 0.4) is 0 Å². The summed E-state index contributed by atoms with van der Waals surface area (Å²) in [6.07, 6.45) is 0. The SMILES string of the molecule is CC(C)(C)n1c(O)c(-c2ccccc2)c(=O)[nH]c1=O. The van der Waals surface area contributed by atoms with Crippen LogP contribution in [-0.4, -0.2) is 14.7 Å². The van der Waals surface area contributed by atoms with Gasteiger partial charge in [0, 0.05) is 5.54 Å². The van der Waals surface area contributed by atoms with Gasteiger partial charge in [-0.3, -0.25) is 14.3 Å². The molecule has 0 bridgehead atoms. The summed E-state index contributed by atoms with van der Waals surface area (Å²) in [7, 11) is 0. The van der Waals surface area contributed by atoms with Gasteiger partial charge in [0.25, 0.3) is 5.56 Å². The van der Waals surface area contributed by atoms with Crippen molar-refractivity contribution in [1.29, 1.82) is 0 Å². The summed E-state index contributed by atoms with van der Waals surface area (Å²) in [6, 6.07) is 8.76. The fourth-order valence-corrected chi connectivity index (χ4v) is 2.01. The molecule has 2 rings (SSSR count). The molecule has 1 aromatic carbocycles. The highest BCUT2D eigenvalue weighted by Crippen LogP contribution is 2.27. The van der Waals surface area contributed by atoms with E-state index in [1.807, 2.05) is 6.07 Å². The molecule has 0 amide bonds. The van der Waals surface area contributed by atoms with E-state index in [9.17, 15) is 14.7 Å². The molecular weight excluding hydrogens is 244 g/mol. The Hall–Kier alpha value is -2.30. The van der Waals surface area contributed by atoms with Crippen molar-refractivity contribution in [2.45, 2.75) is 26.3 Å². The van der Waals surface area contributed by atoms with Gasteiger partial charge in [-0.2, -0.15) is 0 Å². The van der Waals surface area contributed by atoms with E-state index in [-0.39, 0.29) is 11.4 Å². The van der Waals surface area contributed by atoms with Crippen molar-refractivity contribution in [3.63, 3.8) is 0 Å². The lowest BCUT2D eigenvalue weighted by Crippen LogP contribution is -2.39. The minimum Gasteiger partial charge on any atom is -0.494 e. The van der Waals surface area contributed by atoms with Gasteiger partial charge in [0.2, 0.25) is 5.88 Å². The molecule has 0 aliphatic carbocycles. The van der Waals surface area contributed by atoms with Crippen LogP contribution in [0.4, 0.5) is 0 Å². The zero-order valence-corrected chi connectivity index (χ0v) is 11.1. The Morgan fingerprint density at radius 1 is 1.11 bits per heavy atom. The molecule has 1 heterocycles. The molecule has 0 saturated heterocycles. The maximum absolute atomic E-state index is 11.9. The second-order valence-corrected chi connectivity index (χ2v) is 5.33. The Morgan fingerprint density at radius 3 is 2.21 bits per heavy atom. The van der Waals surface area contributed by atoms with Crippen LogP contribution in [0.1, 0.15) is 20.8 Å². The fourth-order valence-electron chi connectivity index (χ4n) is 2.01. The lowest BCUT2D eigenvalue weighted by Gasteiger charge is -2.24. The van der Waals surface area contributed by atoms with Crippen LogP contribution in [0.2, 0.25) is 0 Å². The Balaban J connectivity index is 2.85. The minimum absolute atomic E-state index is 0.107. The molecular formula is C14H16N2O3. The highest BCUT2D eigenvalue weighted by atomic mass is 16.3. The van der Waals surface area contributed by atoms with E-state index in [4.69, 9.17) is 0 Å². The molecule has 0 spiro atoms. The normalized spacial score (nSPS) is 11.5. The Morgan fingerprint density at radius 2 is 1.68 bits per heavy atom. The molecule has 5 nitrogen and oxygen atoms in total. The van der Waals surface area contributed by atoms with Crippen LogP contribution in [0.5, 0.6) is 5.88 Å². The number of benzene rings is 1. The number of hydrogen-bond donors (Lipinski definition) is 2. The molecule has 0 atom stereocenters. The topological polar surface area (TPSA) is 75.1 Å². The summed E-state index contributed by atoms with van der Waals surface area (Å²) in [5.41, 5.74) is -1.16. The fraction of sp³-hybridized carbons (Fsp3) is 0.286. The van der Waals surface area contributed by atoms with Crippen molar-refractivity contribution in [1.82, 2.24) is 9.55 Å². The average Bonchev–Trinajstić information content (AvgIpc) is 2.27. The van der Waals surface area contributed by atoms with Crippen LogP contribution in [0, 0.1) is 0 Å². The second kappa shape index (κ2) is 4.42. The molecule has 1 aromatic heterocycles. The third kappa shape index (κ3) is 2.31. The first-order valence-electron chi connectivity index (χ1n) is 5.96. The number of hydrogen-bond acceptors (Lipinski definition) is 3. The number of H-pyrrole nitrogens is 1. The van der Waals surface area contributed by atoms with Gasteiger partial charge in [-0.05, 0) is 26.3 Å². The molecule has 0 unspecified atom stereocenters. The largest absolute Gasteiger partial charge is 0.494 e. The second-order valence-electron chi connectivity index (χ2n) is 5.33. The molecule has 19 heavy (non-hydrogen) atoms. The van der Waals surface area contributed by atoms with Crippen LogP contribution in [-0.2, 0) is 5.54 Å². The molecule has 0 saturated carbocycles. The molecule has 2 N–H and O–H groups in total. The number of aromatic hydroxyl groups is 1. The van der Waals surface area contributed by atoms with Crippen molar-refractivity contribution in [3.05, 3.63) is 51.2 Å². The van der Waals surface area contributed by atoms with Crippen LogP contribution in [0.15, 0.2) is 39.9 Å². The summed E-state index contributed by atoms with van der Waals surface area (Å²) in [6.45, 7) is 5.34. The van der Waals surface area contributed by atoms with Gasteiger partial charge in [0.15, 0.2) is 0 Å². The zero-order valence-electron chi connectivity index (χ0n) is 11.1. The van der Waals surface area contributed by atoms with Crippen molar-refractivity contribution in [3.8, 4) is 17.0 Å². The van der Waals surface area contributed by atoms with Crippen molar-refractivity contribution >= 4 is 0 Å². The van der Waals surface area contributed by atoms with Gasteiger partial charge >= 0.3 is 5.69 Å². The number of nitrogens with one attached hydrogen (secondary N) is 1. The van der Waals surface area contributed by atoms with E-state index < -0.39 is 16.8 Å². The molecule has 5 heteroatoms. The first-order valence-corrected chi connectivity index (χ1v) is 5.96. The first-order chi connectivity index (χ1) is 8.82. The predicted octanol–water partition coefficient (Wildman–Crippen LogP) is 1.66. The summed E-state index contributed by atoms with van der Waals surface area (Å²) in [4.78, 5) is 26.0. The molecule has 0 fully saturated rings. The van der Waals surface area contributed by atoms with Gasteiger partial charge in [0.05, 0.1) is 0 Å². The minimum atomic E-state index is -0.630. The summed E-state index contributed by atoms with van der Waals surface area (Å²) in [5.74, 6) is -0.313. The van der Waals surface area contributed by atoms with Crippen LogP contribution >= 0.6 is 0 Å². The summed E-state index contributed by atoms with van der Waals surface area (Å²) in [5, 5.41) is 10.3.